The van der Waals surface area contributed by atoms with Crippen LogP contribution in [0.3, 0.4) is 0 Å². The van der Waals surface area contributed by atoms with Crippen molar-refractivity contribution in [3.8, 4) is 0 Å². The van der Waals surface area contributed by atoms with E-state index in [1.165, 1.54) is 30.4 Å². The van der Waals surface area contributed by atoms with Gasteiger partial charge in [-0.05, 0) is 32.1 Å². The predicted octanol–water partition coefficient (Wildman–Crippen LogP) is 4.21. The first-order valence-electron chi connectivity index (χ1n) is 13.6. The Morgan fingerprint density at radius 2 is 0.857 bits per heavy atom. The molecule has 0 N–H and O–H groups in total. The summed E-state index contributed by atoms with van der Waals surface area (Å²) in [5.41, 5.74) is 0. The second kappa shape index (κ2) is 23.4. The lowest BCUT2D eigenvalue weighted by atomic mass is 10.0. The Bertz CT molecular complexity index is 953. The van der Waals surface area contributed by atoms with Gasteiger partial charge in [0.25, 0.3) is 0 Å². The summed E-state index contributed by atoms with van der Waals surface area (Å²) in [5, 5.41) is 0. The highest BCUT2D eigenvalue weighted by atomic mass is 16.6. The van der Waals surface area contributed by atoms with Gasteiger partial charge in [-0.25, -0.2) is 0 Å². The second-order valence-corrected chi connectivity index (χ2v) is 8.85. The second-order valence-electron chi connectivity index (χ2n) is 8.85. The number of rotatable bonds is 25. The molecule has 11 nitrogen and oxygen atoms in total. The number of carbonyl (C=O) groups is 6. The number of hydrogen-bond acceptors (Lipinski definition) is 11. The summed E-state index contributed by atoms with van der Waals surface area (Å²) in [7, 11) is 0. The zero-order valence-electron chi connectivity index (χ0n) is 24.1. The van der Waals surface area contributed by atoms with Gasteiger partial charge in [0.05, 0.1) is 0 Å². The minimum Gasteiger partial charge on any atom is -0.462 e. The first-order valence-corrected chi connectivity index (χ1v) is 13.6. The summed E-state index contributed by atoms with van der Waals surface area (Å²) in [4.78, 5) is 75.1. The average molecular weight is 591 g/mol. The van der Waals surface area contributed by atoms with Gasteiger partial charge in [-0.1, -0.05) is 30.4 Å². The smallest absolute Gasteiger partial charge is 0.306 e. The average Bonchev–Trinajstić information content (AvgIpc) is 2.98. The maximum Gasteiger partial charge on any atom is 0.306 e. The van der Waals surface area contributed by atoms with Crippen LogP contribution in [0.2, 0.25) is 0 Å². The number of esters is 5. The molecule has 0 radical (unpaired) electrons. The lowest BCUT2D eigenvalue weighted by molar-refractivity contribution is -0.204. The summed E-state index contributed by atoms with van der Waals surface area (Å²) >= 11 is 0. The largest absolute Gasteiger partial charge is 0.462 e. The molecule has 232 valence electrons. The van der Waals surface area contributed by atoms with Crippen LogP contribution in [-0.4, -0.2) is 67.2 Å². The van der Waals surface area contributed by atoms with Crippen LogP contribution in [0.25, 0.3) is 0 Å². The van der Waals surface area contributed by atoms with E-state index in [0.29, 0.717) is 6.42 Å². The molecule has 0 fully saturated rings. The molecule has 0 saturated carbocycles. The van der Waals surface area contributed by atoms with E-state index in [9.17, 15) is 28.8 Å². The normalized spacial score (nSPS) is 13.0. The van der Waals surface area contributed by atoms with E-state index in [2.05, 4.69) is 32.9 Å². The van der Waals surface area contributed by atoms with Crippen LogP contribution >= 0.6 is 0 Å². The van der Waals surface area contributed by atoms with E-state index in [1.807, 2.05) is 0 Å². The standard InChI is InChI=1S/C31H42O11/c1-6-11-16-25(33)38-22-24(40-27(35)18-13-8-3)31(42-29(37)20-15-10-5)30(41-28(36)19-14-9-4)23(21-32)39-26(34)17-12-7-2/h6-10,21,23-24,30-31H,1-5,11-20,22H2/t23-,24+,30+,31+/m0/s1. The molecule has 42 heavy (non-hydrogen) atoms. The molecule has 0 aliphatic rings. The number of hydrogen-bond donors (Lipinski definition) is 0. The molecule has 0 spiro atoms. The van der Waals surface area contributed by atoms with Gasteiger partial charge in [0, 0.05) is 32.1 Å². The lowest BCUT2D eigenvalue weighted by Crippen LogP contribution is -2.54. The zero-order valence-corrected chi connectivity index (χ0v) is 24.1. The fraction of sp³-hybridized carbons (Fsp3) is 0.484. The molecule has 0 rings (SSSR count). The van der Waals surface area contributed by atoms with Gasteiger partial charge < -0.3 is 23.7 Å². The van der Waals surface area contributed by atoms with Crippen molar-refractivity contribution in [1.29, 1.82) is 0 Å². The molecule has 0 amide bonds. The van der Waals surface area contributed by atoms with E-state index >= 15 is 0 Å². The Labute approximate surface area is 247 Å². The SMILES string of the molecule is C=CCCC(=O)OC[C@@H](OC(=O)CCC=C)[C@@H](OC(=O)CCC=C)[C@H](OC(=O)CCC=C)[C@H](C=O)OC(=O)CCC=C. The molecule has 0 saturated heterocycles. The molecule has 11 heteroatoms. The Balaban J connectivity index is 6.69. The quantitative estimate of drug-likeness (QED) is 0.0651. The van der Waals surface area contributed by atoms with Crippen molar-refractivity contribution in [3.63, 3.8) is 0 Å². The number of allylic oxidation sites excluding steroid dienone is 5. The highest BCUT2D eigenvalue weighted by molar-refractivity contribution is 5.75. The van der Waals surface area contributed by atoms with Gasteiger partial charge >= 0.3 is 29.8 Å². The number of carbonyl (C=O) groups excluding carboxylic acids is 6. The molecule has 0 heterocycles. The minimum atomic E-state index is -1.78. The third kappa shape index (κ3) is 16.7. The van der Waals surface area contributed by atoms with Gasteiger partial charge in [0.15, 0.2) is 30.7 Å². The van der Waals surface area contributed by atoms with E-state index in [4.69, 9.17) is 23.7 Å². The zero-order chi connectivity index (χ0) is 31.8. The number of ether oxygens (including phenoxy) is 5. The van der Waals surface area contributed by atoms with Gasteiger partial charge in [0.1, 0.15) is 6.61 Å². The fourth-order valence-corrected chi connectivity index (χ4v) is 3.25. The van der Waals surface area contributed by atoms with Crippen LogP contribution < -0.4 is 0 Å². The van der Waals surface area contributed by atoms with Crippen molar-refractivity contribution in [2.24, 2.45) is 0 Å². The maximum atomic E-state index is 12.8. The molecule has 4 atom stereocenters. The Morgan fingerprint density at radius 1 is 0.500 bits per heavy atom. The van der Waals surface area contributed by atoms with Crippen LogP contribution in [0.5, 0.6) is 0 Å². The Hall–Kier alpha value is -4.28. The van der Waals surface area contributed by atoms with Crippen LogP contribution in [0.4, 0.5) is 0 Å². The molecular formula is C31H42O11. The Kier molecular flexibility index (Phi) is 21.0. The van der Waals surface area contributed by atoms with Crippen molar-refractivity contribution in [3.05, 3.63) is 63.3 Å². The van der Waals surface area contributed by atoms with Crippen LogP contribution in [0.1, 0.15) is 64.2 Å². The van der Waals surface area contributed by atoms with Crippen molar-refractivity contribution in [2.45, 2.75) is 88.6 Å². The molecule has 0 aliphatic heterocycles. The monoisotopic (exact) mass is 590 g/mol. The highest BCUT2D eigenvalue weighted by Crippen LogP contribution is 2.22. The first kappa shape index (κ1) is 37.7. The van der Waals surface area contributed by atoms with E-state index in [-0.39, 0.29) is 64.1 Å². The molecule has 0 unspecified atom stereocenters. The first-order chi connectivity index (χ1) is 20.2. The molecule has 0 aromatic carbocycles. The maximum absolute atomic E-state index is 12.8. The van der Waals surface area contributed by atoms with E-state index in [1.54, 1.807) is 0 Å². The lowest BCUT2D eigenvalue weighted by Gasteiger charge is -2.34. The van der Waals surface area contributed by atoms with Gasteiger partial charge in [-0.3, -0.25) is 28.8 Å². The van der Waals surface area contributed by atoms with Crippen molar-refractivity contribution >= 4 is 36.1 Å². The fourth-order valence-electron chi connectivity index (χ4n) is 3.25. The molecule has 0 aliphatic carbocycles. The predicted molar refractivity (Wildman–Crippen MR) is 154 cm³/mol. The van der Waals surface area contributed by atoms with Crippen molar-refractivity contribution in [2.75, 3.05) is 6.61 Å². The van der Waals surface area contributed by atoms with E-state index < -0.39 is 60.9 Å². The van der Waals surface area contributed by atoms with Crippen LogP contribution in [0.15, 0.2) is 63.3 Å². The van der Waals surface area contributed by atoms with Gasteiger partial charge in [-0.2, -0.15) is 0 Å². The minimum absolute atomic E-state index is 0.0394. The van der Waals surface area contributed by atoms with Gasteiger partial charge in [-0.15, -0.1) is 32.9 Å². The summed E-state index contributed by atoms with van der Waals surface area (Å²) < 4.78 is 27.2. The molecule has 0 aromatic heterocycles. The molecule has 0 bridgehead atoms. The molecule has 0 aromatic rings. The van der Waals surface area contributed by atoms with Crippen molar-refractivity contribution < 1.29 is 52.5 Å². The van der Waals surface area contributed by atoms with E-state index in [0.717, 1.165) is 0 Å². The highest BCUT2D eigenvalue weighted by Gasteiger charge is 2.45. The summed E-state index contributed by atoms with van der Waals surface area (Å²) in [6.45, 7) is 17.1. The molecular weight excluding hydrogens is 548 g/mol. The van der Waals surface area contributed by atoms with Crippen molar-refractivity contribution in [1.82, 2.24) is 0 Å². The summed E-state index contributed by atoms with van der Waals surface area (Å²) in [6, 6.07) is 0. The van der Waals surface area contributed by atoms with Gasteiger partial charge in [0.2, 0.25) is 0 Å². The van der Waals surface area contributed by atoms with Crippen LogP contribution in [-0.2, 0) is 52.5 Å². The number of aldehydes is 1. The third-order valence-corrected chi connectivity index (χ3v) is 5.41. The third-order valence-electron chi connectivity index (χ3n) is 5.41. The van der Waals surface area contributed by atoms with Crippen LogP contribution in [0, 0.1) is 0 Å². The topological polar surface area (TPSA) is 149 Å². The Morgan fingerprint density at radius 3 is 1.26 bits per heavy atom. The summed E-state index contributed by atoms with van der Waals surface area (Å²) in [5.74, 6) is -3.97. The summed E-state index contributed by atoms with van der Waals surface area (Å²) in [6.07, 6.45) is 1.30.